The van der Waals surface area contributed by atoms with E-state index < -0.39 is 12.1 Å². The molecule has 0 unspecified atom stereocenters. The van der Waals surface area contributed by atoms with Crippen LogP contribution in [0, 0.1) is 0 Å². The number of imide groups is 1. The fourth-order valence-corrected chi connectivity index (χ4v) is 2.07. The molecule has 2 amide bonds. The van der Waals surface area contributed by atoms with Crippen LogP contribution in [0.4, 0.5) is 13.2 Å². The zero-order chi connectivity index (χ0) is 15.3. The number of carbonyl (C=O) groups excluding carboxylic acids is 2. The van der Waals surface area contributed by atoms with Crippen molar-refractivity contribution in [3.05, 3.63) is 0 Å². The van der Waals surface area contributed by atoms with Gasteiger partial charge in [0.1, 0.15) is 0 Å². The maximum Gasteiger partial charge on any atom is 0.490 e. The first-order valence-electron chi connectivity index (χ1n) is 6.09. The van der Waals surface area contributed by atoms with E-state index in [9.17, 15) is 22.8 Å². The normalized spacial score (nSPS) is 20.6. The maximum atomic E-state index is 11.4. The minimum absolute atomic E-state index is 0.0249. The highest BCUT2D eigenvalue weighted by Gasteiger charge is 2.38. The summed E-state index contributed by atoms with van der Waals surface area (Å²) in [7, 11) is 0. The van der Waals surface area contributed by atoms with Gasteiger partial charge in [-0.05, 0) is 25.9 Å². The average Bonchev–Trinajstić information content (AvgIpc) is 2.70. The van der Waals surface area contributed by atoms with Gasteiger partial charge in [0.15, 0.2) is 0 Å². The number of nitrogens with zero attached hydrogens (tertiary/aromatic N) is 1. The molecule has 2 saturated heterocycles. The van der Waals surface area contributed by atoms with E-state index in [4.69, 9.17) is 9.90 Å². The molecule has 20 heavy (non-hydrogen) atoms. The third-order valence-electron chi connectivity index (χ3n) is 3.01. The SMILES string of the molecule is O=C(O)C(F)(F)F.O=C1CCC(=O)N1C1CCNCC1. The molecule has 2 fully saturated rings. The van der Waals surface area contributed by atoms with Crippen molar-refractivity contribution in [2.24, 2.45) is 0 Å². The van der Waals surface area contributed by atoms with Gasteiger partial charge in [-0.3, -0.25) is 14.5 Å². The number of carboxylic acid groups (broad SMARTS) is 1. The van der Waals surface area contributed by atoms with E-state index in [-0.39, 0.29) is 17.9 Å². The second-order valence-electron chi connectivity index (χ2n) is 4.44. The van der Waals surface area contributed by atoms with Crippen LogP contribution in [0.25, 0.3) is 0 Å². The molecule has 6 nitrogen and oxygen atoms in total. The molecule has 0 atom stereocenters. The Morgan fingerprint density at radius 2 is 1.55 bits per heavy atom. The molecule has 0 saturated carbocycles. The van der Waals surface area contributed by atoms with Gasteiger partial charge in [0, 0.05) is 18.9 Å². The molecule has 0 aromatic heterocycles. The summed E-state index contributed by atoms with van der Waals surface area (Å²) in [4.78, 5) is 33.1. The predicted molar refractivity (Wildman–Crippen MR) is 60.7 cm³/mol. The number of hydrogen-bond donors (Lipinski definition) is 2. The van der Waals surface area contributed by atoms with E-state index in [0.29, 0.717) is 12.8 Å². The number of carbonyl (C=O) groups is 3. The number of rotatable bonds is 1. The molecule has 2 N–H and O–H groups in total. The molecule has 2 aliphatic heterocycles. The van der Waals surface area contributed by atoms with Gasteiger partial charge in [-0.15, -0.1) is 0 Å². The molecule has 0 bridgehead atoms. The van der Waals surface area contributed by atoms with Crippen molar-refractivity contribution in [3.63, 3.8) is 0 Å². The third kappa shape index (κ3) is 4.48. The number of hydrogen-bond acceptors (Lipinski definition) is 4. The number of halogens is 3. The number of nitrogens with one attached hydrogen (secondary N) is 1. The van der Waals surface area contributed by atoms with Crippen LogP contribution in [0.15, 0.2) is 0 Å². The number of amides is 2. The fraction of sp³-hybridized carbons (Fsp3) is 0.727. The molecule has 114 valence electrons. The zero-order valence-corrected chi connectivity index (χ0v) is 10.6. The minimum atomic E-state index is -5.08. The lowest BCUT2D eigenvalue weighted by molar-refractivity contribution is -0.192. The molecular weight excluding hydrogens is 281 g/mol. The molecule has 0 spiro atoms. The maximum absolute atomic E-state index is 11.4. The Morgan fingerprint density at radius 3 is 1.90 bits per heavy atom. The van der Waals surface area contributed by atoms with Gasteiger partial charge in [0.2, 0.25) is 11.8 Å². The Kier molecular flexibility index (Phi) is 5.49. The highest BCUT2D eigenvalue weighted by molar-refractivity contribution is 6.02. The quantitative estimate of drug-likeness (QED) is 0.689. The van der Waals surface area contributed by atoms with E-state index in [1.807, 2.05) is 0 Å². The summed E-state index contributed by atoms with van der Waals surface area (Å²) >= 11 is 0. The minimum Gasteiger partial charge on any atom is -0.475 e. The Bertz CT molecular complexity index is 376. The van der Waals surface area contributed by atoms with Crippen LogP contribution in [0.1, 0.15) is 25.7 Å². The summed E-state index contributed by atoms with van der Waals surface area (Å²) in [5.41, 5.74) is 0. The summed E-state index contributed by atoms with van der Waals surface area (Å²) in [6.45, 7) is 1.84. The lowest BCUT2D eigenvalue weighted by Crippen LogP contribution is -2.45. The van der Waals surface area contributed by atoms with Gasteiger partial charge in [-0.1, -0.05) is 0 Å². The summed E-state index contributed by atoms with van der Waals surface area (Å²) in [6.07, 6.45) is -2.42. The Morgan fingerprint density at radius 1 is 1.15 bits per heavy atom. The van der Waals surface area contributed by atoms with Crippen molar-refractivity contribution in [2.75, 3.05) is 13.1 Å². The van der Waals surface area contributed by atoms with Crippen LogP contribution >= 0.6 is 0 Å². The Balaban J connectivity index is 0.000000246. The number of alkyl halides is 3. The lowest BCUT2D eigenvalue weighted by Gasteiger charge is -2.29. The molecule has 0 aromatic carbocycles. The van der Waals surface area contributed by atoms with E-state index in [0.717, 1.165) is 25.9 Å². The van der Waals surface area contributed by atoms with Crippen LogP contribution in [-0.2, 0) is 14.4 Å². The number of piperidine rings is 1. The highest BCUT2D eigenvalue weighted by atomic mass is 19.4. The molecule has 0 aromatic rings. The monoisotopic (exact) mass is 296 g/mol. The van der Waals surface area contributed by atoms with Gasteiger partial charge in [0.25, 0.3) is 0 Å². The second kappa shape index (κ2) is 6.69. The van der Waals surface area contributed by atoms with E-state index in [1.165, 1.54) is 4.90 Å². The van der Waals surface area contributed by atoms with Crippen molar-refractivity contribution in [3.8, 4) is 0 Å². The molecule has 9 heteroatoms. The Hall–Kier alpha value is -1.64. The standard InChI is InChI=1S/C9H14N2O2.C2HF3O2/c12-8-1-2-9(13)11(8)7-3-5-10-6-4-7;3-2(4,5)1(6)7/h7,10H,1-6H2;(H,6,7). The van der Waals surface area contributed by atoms with Crippen LogP contribution in [0.2, 0.25) is 0 Å². The van der Waals surface area contributed by atoms with Gasteiger partial charge in [-0.2, -0.15) is 13.2 Å². The van der Waals surface area contributed by atoms with Crippen molar-refractivity contribution < 1.29 is 32.7 Å². The summed E-state index contributed by atoms with van der Waals surface area (Å²) in [5.74, 6) is -2.71. The lowest BCUT2D eigenvalue weighted by atomic mass is 10.1. The summed E-state index contributed by atoms with van der Waals surface area (Å²) in [6, 6.07) is 0.170. The fourth-order valence-electron chi connectivity index (χ4n) is 2.07. The molecule has 2 heterocycles. The summed E-state index contributed by atoms with van der Waals surface area (Å²) in [5, 5.41) is 10.3. The molecule has 0 aliphatic carbocycles. The van der Waals surface area contributed by atoms with E-state index in [1.54, 1.807) is 0 Å². The topological polar surface area (TPSA) is 86.7 Å². The highest BCUT2D eigenvalue weighted by Crippen LogP contribution is 2.20. The average molecular weight is 296 g/mol. The Labute approximate surface area is 112 Å². The molecule has 2 aliphatic rings. The van der Waals surface area contributed by atoms with Gasteiger partial charge >= 0.3 is 12.1 Å². The molecular formula is C11H15F3N2O4. The molecule has 0 radical (unpaired) electrons. The third-order valence-corrected chi connectivity index (χ3v) is 3.01. The summed E-state index contributed by atoms with van der Waals surface area (Å²) < 4.78 is 31.7. The predicted octanol–water partition coefficient (Wildman–Crippen LogP) is 0.521. The largest absolute Gasteiger partial charge is 0.490 e. The van der Waals surface area contributed by atoms with E-state index >= 15 is 0 Å². The number of likely N-dealkylation sites (tertiary alicyclic amines) is 1. The first kappa shape index (κ1) is 16.4. The van der Waals surface area contributed by atoms with Crippen LogP contribution in [0.5, 0.6) is 0 Å². The zero-order valence-electron chi connectivity index (χ0n) is 10.6. The van der Waals surface area contributed by atoms with Gasteiger partial charge in [0.05, 0.1) is 0 Å². The first-order valence-corrected chi connectivity index (χ1v) is 6.09. The van der Waals surface area contributed by atoms with Crippen molar-refractivity contribution in [2.45, 2.75) is 37.9 Å². The second-order valence-corrected chi connectivity index (χ2v) is 4.44. The van der Waals surface area contributed by atoms with Crippen molar-refractivity contribution in [1.29, 1.82) is 0 Å². The van der Waals surface area contributed by atoms with E-state index in [2.05, 4.69) is 5.32 Å². The molecule has 2 rings (SSSR count). The van der Waals surface area contributed by atoms with Crippen LogP contribution in [-0.4, -0.2) is 53.1 Å². The van der Waals surface area contributed by atoms with Crippen LogP contribution < -0.4 is 5.32 Å². The number of aliphatic carboxylic acids is 1. The number of carboxylic acids is 1. The van der Waals surface area contributed by atoms with Crippen molar-refractivity contribution in [1.82, 2.24) is 10.2 Å². The van der Waals surface area contributed by atoms with Crippen molar-refractivity contribution >= 4 is 17.8 Å². The first-order chi connectivity index (χ1) is 9.23. The van der Waals surface area contributed by atoms with Crippen LogP contribution in [0.3, 0.4) is 0 Å². The van der Waals surface area contributed by atoms with Gasteiger partial charge < -0.3 is 10.4 Å². The smallest absolute Gasteiger partial charge is 0.475 e. The van der Waals surface area contributed by atoms with Gasteiger partial charge in [-0.25, -0.2) is 4.79 Å².